The molecule has 2 N–H and O–H groups in total. The van der Waals surface area contributed by atoms with E-state index in [1.54, 1.807) is 0 Å². The third-order valence-corrected chi connectivity index (χ3v) is 4.58. The molecule has 2 rings (SSSR count). The number of hydrogen-bond acceptors (Lipinski definition) is 2. The second-order valence-corrected chi connectivity index (χ2v) is 6.64. The van der Waals surface area contributed by atoms with Crippen LogP contribution in [0.3, 0.4) is 0 Å². The highest BCUT2D eigenvalue weighted by Gasteiger charge is 2.20. The van der Waals surface area contributed by atoms with Crippen molar-refractivity contribution in [3.05, 3.63) is 35.4 Å². The number of unbranched alkanes of at least 4 members (excludes halogenated alkanes) is 6. The number of benzene rings is 1. The second kappa shape index (κ2) is 13.5. The Hall–Kier alpha value is -1.79. The van der Waals surface area contributed by atoms with Crippen LogP contribution in [0.1, 0.15) is 81.9 Å². The van der Waals surface area contributed by atoms with E-state index >= 15 is 0 Å². The van der Waals surface area contributed by atoms with Crippen molar-refractivity contribution in [3.8, 4) is 12.3 Å². The Morgan fingerprint density at radius 2 is 1.88 bits per heavy atom. The predicted octanol–water partition coefficient (Wildman–Crippen LogP) is 5.11. The third kappa shape index (κ3) is 9.31. The van der Waals surface area contributed by atoms with E-state index in [1.807, 2.05) is 0 Å². The lowest BCUT2D eigenvalue weighted by atomic mass is 10.1. The molecule has 0 bridgehead atoms. The maximum atomic E-state index is 10.1. The van der Waals surface area contributed by atoms with Gasteiger partial charge in [-0.3, -0.25) is 10.1 Å². The molecule has 0 saturated carbocycles. The van der Waals surface area contributed by atoms with Crippen molar-refractivity contribution in [2.75, 3.05) is 6.54 Å². The molecule has 1 aliphatic rings. The zero-order valence-electron chi connectivity index (χ0n) is 15.6. The van der Waals surface area contributed by atoms with Crippen LogP contribution >= 0.6 is 0 Å². The number of carbonyl (C=O) groups is 1. The fraction of sp³-hybridized carbons (Fsp3) is 0.591. The summed E-state index contributed by atoms with van der Waals surface area (Å²) in [5, 5.41) is 11.7. The average molecular weight is 344 g/mol. The third-order valence-electron chi connectivity index (χ3n) is 4.58. The summed E-state index contributed by atoms with van der Waals surface area (Å²) in [6.45, 7) is 2.86. The standard InChI is InChI=1S/C12H13N.C10H20O2/c1-2-9-13-12-8-7-10-5-3-4-6-11(10)12;1-2-3-4-5-6-7-8-9-10(11)12/h1,3-6,12-13H,7-9H2;2-9H2,1H3,(H,11,12)/t12-;/m1./s1. The summed E-state index contributed by atoms with van der Waals surface area (Å²) in [7, 11) is 0. The zero-order valence-corrected chi connectivity index (χ0v) is 15.6. The van der Waals surface area contributed by atoms with Gasteiger partial charge in [-0.15, -0.1) is 6.42 Å². The Morgan fingerprint density at radius 1 is 1.20 bits per heavy atom. The van der Waals surface area contributed by atoms with Gasteiger partial charge in [0.1, 0.15) is 0 Å². The molecule has 0 amide bonds. The molecule has 0 aliphatic heterocycles. The molecular formula is C22H33NO2. The first-order valence-corrected chi connectivity index (χ1v) is 9.65. The normalized spacial score (nSPS) is 15.0. The van der Waals surface area contributed by atoms with Crippen molar-refractivity contribution in [2.24, 2.45) is 0 Å². The second-order valence-electron chi connectivity index (χ2n) is 6.64. The van der Waals surface area contributed by atoms with Crippen LogP contribution < -0.4 is 5.32 Å². The molecule has 1 atom stereocenters. The summed E-state index contributed by atoms with van der Waals surface area (Å²) >= 11 is 0. The molecule has 25 heavy (non-hydrogen) atoms. The Labute approximate surface area is 153 Å². The quantitative estimate of drug-likeness (QED) is 0.458. The molecule has 0 spiro atoms. The molecule has 0 heterocycles. The van der Waals surface area contributed by atoms with Gasteiger partial charge in [0.15, 0.2) is 0 Å². The first kappa shape index (κ1) is 21.3. The van der Waals surface area contributed by atoms with E-state index in [9.17, 15) is 4.79 Å². The number of terminal acetylenes is 1. The van der Waals surface area contributed by atoms with Crippen LogP contribution in [-0.4, -0.2) is 17.6 Å². The van der Waals surface area contributed by atoms with Gasteiger partial charge in [-0.05, 0) is 30.4 Å². The topological polar surface area (TPSA) is 49.3 Å². The van der Waals surface area contributed by atoms with Gasteiger partial charge in [0.2, 0.25) is 0 Å². The molecule has 0 unspecified atom stereocenters. The molecular weight excluding hydrogens is 310 g/mol. The van der Waals surface area contributed by atoms with Gasteiger partial charge < -0.3 is 5.11 Å². The average Bonchev–Trinajstić information content (AvgIpc) is 3.03. The number of hydrogen-bond donors (Lipinski definition) is 2. The summed E-state index contributed by atoms with van der Waals surface area (Å²) in [5.41, 5.74) is 2.90. The molecule has 0 radical (unpaired) electrons. The van der Waals surface area contributed by atoms with Crippen molar-refractivity contribution in [2.45, 2.75) is 77.2 Å². The zero-order chi connectivity index (χ0) is 18.3. The highest BCUT2D eigenvalue weighted by Crippen LogP contribution is 2.30. The van der Waals surface area contributed by atoms with Crippen molar-refractivity contribution in [1.29, 1.82) is 0 Å². The number of carboxylic acids is 1. The fourth-order valence-corrected chi connectivity index (χ4v) is 3.18. The van der Waals surface area contributed by atoms with Gasteiger partial charge >= 0.3 is 5.97 Å². The van der Waals surface area contributed by atoms with E-state index in [4.69, 9.17) is 11.5 Å². The van der Waals surface area contributed by atoms with Gasteiger partial charge in [-0.25, -0.2) is 0 Å². The van der Waals surface area contributed by atoms with Gasteiger partial charge in [-0.1, -0.05) is 75.6 Å². The Morgan fingerprint density at radius 3 is 2.56 bits per heavy atom. The smallest absolute Gasteiger partial charge is 0.303 e. The number of aliphatic carboxylic acids is 1. The minimum atomic E-state index is -0.663. The van der Waals surface area contributed by atoms with E-state index in [0.29, 0.717) is 19.0 Å². The molecule has 138 valence electrons. The van der Waals surface area contributed by atoms with Crippen LogP contribution in [0, 0.1) is 12.3 Å². The van der Waals surface area contributed by atoms with E-state index in [1.165, 1.54) is 56.1 Å². The number of nitrogens with one attached hydrogen (secondary N) is 1. The predicted molar refractivity (Wildman–Crippen MR) is 105 cm³/mol. The Kier molecular flexibility index (Phi) is 11.5. The number of rotatable bonds is 10. The Bertz CT molecular complexity index is 533. The molecule has 1 aromatic carbocycles. The monoisotopic (exact) mass is 343 g/mol. The van der Waals surface area contributed by atoms with E-state index < -0.39 is 5.97 Å². The molecule has 3 heteroatoms. The van der Waals surface area contributed by atoms with Crippen molar-refractivity contribution in [3.63, 3.8) is 0 Å². The largest absolute Gasteiger partial charge is 0.481 e. The van der Waals surface area contributed by atoms with Crippen molar-refractivity contribution in [1.82, 2.24) is 5.32 Å². The first-order valence-electron chi connectivity index (χ1n) is 9.65. The van der Waals surface area contributed by atoms with Crippen LogP contribution in [0.15, 0.2) is 24.3 Å². The summed E-state index contributed by atoms with van der Waals surface area (Å²) in [5.74, 6) is 1.95. The van der Waals surface area contributed by atoms with Crippen LogP contribution in [0.4, 0.5) is 0 Å². The first-order chi connectivity index (χ1) is 12.2. The number of aryl methyl sites for hydroxylation is 1. The highest BCUT2D eigenvalue weighted by atomic mass is 16.4. The summed E-state index contributed by atoms with van der Waals surface area (Å²) < 4.78 is 0. The minimum absolute atomic E-state index is 0.341. The summed E-state index contributed by atoms with van der Waals surface area (Å²) in [6, 6.07) is 9.06. The summed E-state index contributed by atoms with van der Waals surface area (Å²) in [6.07, 6.45) is 16.2. The lowest BCUT2D eigenvalue weighted by molar-refractivity contribution is -0.137. The Balaban J connectivity index is 0.000000252. The van der Waals surface area contributed by atoms with Gasteiger partial charge in [0.05, 0.1) is 6.54 Å². The molecule has 0 saturated heterocycles. The van der Waals surface area contributed by atoms with E-state index in [-0.39, 0.29) is 0 Å². The fourth-order valence-electron chi connectivity index (χ4n) is 3.18. The lowest BCUT2D eigenvalue weighted by Crippen LogP contribution is -2.19. The van der Waals surface area contributed by atoms with Crippen LogP contribution in [-0.2, 0) is 11.2 Å². The van der Waals surface area contributed by atoms with Crippen molar-refractivity contribution >= 4 is 5.97 Å². The number of carboxylic acid groups (broad SMARTS) is 1. The van der Waals surface area contributed by atoms with Crippen LogP contribution in [0.2, 0.25) is 0 Å². The molecule has 0 aromatic heterocycles. The van der Waals surface area contributed by atoms with Gasteiger partial charge in [-0.2, -0.15) is 0 Å². The SMILES string of the molecule is C#CCN[C@@H]1CCc2ccccc21.CCCCCCCCCC(=O)O. The highest BCUT2D eigenvalue weighted by molar-refractivity contribution is 5.66. The van der Waals surface area contributed by atoms with Crippen LogP contribution in [0.25, 0.3) is 0 Å². The van der Waals surface area contributed by atoms with E-state index in [0.717, 1.165) is 12.8 Å². The molecule has 1 aliphatic carbocycles. The van der Waals surface area contributed by atoms with Crippen LogP contribution in [0.5, 0.6) is 0 Å². The van der Waals surface area contributed by atoms with Gasteiger partial charge in [0, 0.05) is 12.5 Å². The van der Waals surface area contributed by atoms with Gasteiger partial charge in [0.25, 0.3) is 0 Å². The maximum Gasteiger partial charge on any atom is 0.303 e. The minimum Gasteiger partial charge on any atom is -0.481 e. The van der Waals surface area contributed by atoms with Crippen molar-refractivity contribution < 1.29 is 9.90 Å². The van der Waals surface area contributed by atoms with E-state index in [2.05, 4.69) is 42.4 Å². The molecule has 3 nitrogen and oxygen atoms in total. The summed E-state index contributed by atoms with van der Waals surface area (Å²) in [4.78, 5) is 10.1. The maximum absolute atomic E-state index is 10.1. The lowest BCUT2D eigenvalue weighted by Gasteiger charge is -2.10. The molecule has 0 fully saturated rings. The molecule has 1 aromatic rings. The number of fused-ring (bicyclic) bond motifs is 1.